The topological polar surface area (TPSA) is 3.24 Å². The third kappa shape index (κ3) is 2.78. The Hall–Kier alpha value is -0.620. The molecular formula is C9H13F2N. The van der Waals surface area contributed by atoms with Gasteiger partial charge in [0.15, 0.2) is 0 Å². The van der Waals surface area contributed by atoms with Crippen molar-refractivity contribution < 1.29 is 8.78 Å². The molecule has 1 aliphatic rings. The summed E-state index contributed by atoms with van der Waals surface area (Å²) in [4.78, 5) is 1.97. The smallest absolute Gasteiger partial charge is 0.250 e. The third-order valence-corrected chi connectivity index (χ3v) is 2.07. The van der Waals surface area contributed by atoms with Crippen LogP contribution in [0, 0.1) is 11.8 Å². The van der Waals surface area contributed by atoms with E-state index < -0.39 is 5.92 Å². The van der Waals surface area contributed by atoms with Crippen LogP contribution in [0.25, 0.3) is 0 Å². The van der Waals surface area contributed by atoms with Crippen molar-refractivity contribution in [3.8, 4) is 11.8 Å². The third-order valence-electron chi connectivity index (χ3n) is 2.07. The lowest BCUT2D eigenvalue weighted by molar-refractivity contribution is -0.0527. The van der Waals surface area contributed by atoms with Crippen molar-refractivity contribution >= 4 is 0 Å². The average molecular weight is 173 g/mol. The predicted octanol–water partition coefficient (Wildman–Crippen LogP) is 1.74. The summed E-state index contributed by atoms with van der Waals surface area (Å²) in [6, 6.07) is 0. The highest BCUT2D eigenvalue weighted by molar-refractivity contribution is 4.98. The van der Waals surface area contributed by atoms with Gasteiger partial charge in [-0.1, -0.05) is 5.92 Å². The van der Waals surface area contributed by atoms with Crippen LogP contribution >= 0.6 is 0 Å². The molecule has 1 heterocycles. The van der Waals surface area contributed by atoms with Crippen molar-refractivity contribution in [2.75, 3.05) is 19.6 Å². The van der Waals surface area contributed by atoms with Gasteiger partial charge < -0.3 is 0 Å². The van der Waals surface area contributed by atoms with Crippen LogP contribution in [0.3, 0.4) is 0 Å². The minimum absolute atomic E-state index is 0.0155. The zero-order valence-electron chi connectivity index (χ0n) is 7.24. The Labute approximate surface area is 71.7 Å². The number of rotatable bonds is 1. The quantitative estimate of drug-likeness (QED) is 0.546. The van der Waals surface area contributed by atoms with Gasteiger partial charge >= 0.3 is 0 Å². The fourth-order valence-corrected chi connectivity index (χ4v) is 1.23. The van der Waals surface area contributed by atoms with E-state index in [0.29, 0.717) is 19.6 Å². The molecule has 0 saturated carbocycles. The second-order valence-electron chi connectivity index (χ2n) is 3.06. The van der Waals surface area contributed by atoms with Gasteiger partial charge in [0, 0.05) is 25.9 Å². The van der Waals surface area contributed by atoms with Gasteiger partial charge in [0.2, 0.25) is 0 Å². The van der Waals surface area contributed by atoms with Crippen LogP contribution in [0.4, 0.5) is 8.78 Å². The van der Waals surface area contributed by atoms with Crippen molar-refractivity contribution in [1.29, 1.82) is 0 Å². The van der Waals surface area contributed by atoms with E-state index in [-0.39, 0.29) is 12.8 Å². The Morgan fingerprint density at radius 1 is 1.33 bits per heavy atom. The van der Waals surface area contributed by atoms with Crippen LogP contribution < -0.4 is 0 Å². The van der Waals surface area contributed by atoms with Gasteiger partial charge in [0.25, 0.3) is 5.92 Å². The number of hydrogen-bond acceptors (Lipinski definition) is 1. The number of hydrogen-bond donors (Lipinski definition) is 0. The highest BCUT2D eigenvalue weighted by Gasteiger charge is 2.33. The fourth-order valence-electron chi connectivity index (χ4n) is 1.23. The Morgan fingerprint density at radius 3 is 2.42 bits per heavy atom. The molecular weight excluding hydrogens is 160 g/mol. The normalized spacial score (nSPS) is 22.9. The summed E-state index contributed by atoms with van der Waals surface area (Å²) >= 11 is 0. The summed E-state index contributed by atoms with van der Waals surface area (Å²) in [6.45, 7) is 3.34. The van der Waals surface area contributed by atoms with Gasteiger partial charge in [-0.2, -0.15) is 0 Å². The molecule has 0 radical (unpaired) electrons. The summed E-state index contributed by atoms with van der Waals surface area (Å²) in [5, 5.41) is 0. The van der Waals surface area contributed by atoms with Crippen LogP contribution in [0.1, 0.15) is 19.8 Å². The molecule has 1 fully saturated rings. The summed E-state index contributed by atoms with van der Waals surface area (Å²) < 4.78 is 25.3. The van der Waals surface area contributed by atoms with Crippen LogP contribution in [0.15, 0.2) is 0 Å². The van der Waals surface area contributed by atoms with E-state index in [1.54, 1.807) is 6.92 Å². The van der Waals surface area contributed by atoms with Crippen LogP contribution in [-0.2, 0) is 0 Å². The van der Waals surface area contributed by atoms with Gasteiger partial charge in [-0.3, -0.25) is 4.90 Å². The molecule has 1 nitrogen and oxygen atoms in total. The van der Waals surface area contributed by atoms with Gasteiger partial charge in [0.1, 0.15) is 0 Å². The Bertz CT molecular complexity index is 192. The van der Waals surface area contributed by atoms with E-state index in [9.17, 15) is 8.78 Å². The minimum Gasteiger partial charge on any atom is -0.292 e. The summed E-state index contributed by atoms with van der Waals surface area (Å²) in [7, 11) is 0. The van der Waals surface area contributed by atoms with Gasteiger partial charge in [-0.05, 0) is 6.92 Å². The van der Waals surface area contributed by atoms with E-state index >= 15 is 0 Å². The lowest BCUT2D eigenvalue weighted by Gasteiger charge is -2.30. The zero-order chi connectivity index (χ0) is 9.03. The first kappa shape index (κ1) is 9.47. The molecule has 0 N–H and O–H groups in total. The molecule has 0 amide bonds. The number of halogens is 2. The number of nitrogens with zero attached hydrogens (tertiary/aromatic N) is 1. The molecule has 0 aromatic heterocycles. The van der Waals surface area contributed by atoms with Gasteiger partial charge in [-0.25, -0.2) is 8.78 Å². The number of alkyl halides is 2. The van der Waals surface area contributed by atoms with Crippen LogP contribution in [0.5, 0.6) is 0 Å². The summed E-state index contributed by atoms with van der Waals surface area (Å²) in [5.74, 6) is 3.20. The van der Waals surface area contributed by atoms with Crippen LogP contribution in [0.2, 0.25) is 0 Å². The molecule has 0 aromatic rings. The van der Waals surface area contributed by atoms with Crippen molar-refractivity contribution in [2.45, 2.75) is 25.7 Å². The molecule has 0 aliphatic carbocycles. The maximum Gasteiger partial charge on any atom is 0.250 e. The molecule has 0 aromatic carbocycles. The molecule has 12 heavy (non-hydrogen) atoms. The first-order chi connectivity index (χ1) is 5.64. The second kappa shape index (κ2) is 3.86. The Morgan fingerprint density at radius 2 is 1.92 bits per heavy atom. The lowest BCUT2D eigenvalue weighted by Crippen LogP contribution is -2.39. The molecule has 0 unspecified atom stereocenters. The monoisotopic (exact) mass is 173 g/mol. The maximum atomic E-state index is 12.6. The Balaban J connectivity index is 2.29. The SMILES string of the molecule is CC#CCN1CCC(F)(F)CC1. The summed E-state index contributed by atoms with van der Waals surface area (Å²) in [6.07, 6.45) is -0.0310. The number of likely N-dealkylation sites (tertiary alicyclic amines) is 1. The van der Waals surface area contributed by atoms with E-state index in [1.807, 2.05) is 4.90 Å². The molecule has 3 heteroatoms. The zero-order valence-corrected chi connectivity index (χ0v) is 7.24. The summed E-state index contributed by atoms with van der Waals surface area (Å²) in [5.41, 5.74) is 0. The Kier molecular flexibility index (Phi) is 3.05. The minimum atomic E-state index is -2.43. The fraction of sp³-hybridized carbons (Fsp3) is 0.778. The molecule has 68 valence electrons. The average Bonchev–Trinajstić information content (AvgIpc) is 2.03. The van der Waals surface area contributed by atoms with E-state index in [2.05, 4.69) is 11.8 Å². The molecule has 0 spiro atoms. The largest absolute Gasteiger partial charge is 0.292 e. The van der Waals surface area contributed by atoms with Crippen molar-refractivity contribution in [1.82, 2.24) is 4.90 Å². The first-order valence-electron chi connectivity index (χ1n) is 4.14. The van der Waals surface area contributed by atoms with Crippen molar-refractivity contribution in [3.63, 3.8) is 0 Å². The maximum absolute atomic E-state index is 12.6. The van der Waals surface area contributed by atoms with Gasteiger partial charge in [-0.15, -0.1) is 5.92 Å². The lowest BCUT2D eigenvalue weighted by atomic mass is 10.1. The molecule has 0 atom stereocenters. The molecule has 1 aliphatic heterocycles. The molecule has 1 saturated heterocycles. The molecule has 0 bridgehead atoms. The van der Waals surface area contributed by atoms with Crippen molar-refractivity contribution in [3.05, 3.63) is 0 Å². The van der Waals surface area contributed by atoms with Gasteiger partial charge in [0.05, 0.1) is 6.54 Å². The van der Waals surface area contributed by atoms with Crippen molar-refractivity contribution in [2.24, 2.45) is 0 Å². The van der Waals surface area contributed by atoms with Crippen LogP contribution in [-0.4, -0.2) is 30.5 Å². The molecule has 1 rings (SSSR count). The highest BCUT2D eigenvalue weighted by atomic mass is 19.3. The predicted molar refractivity (Wildman–Crippen MR) is 44.1 cm³/mol. The highest BCUT2D eigenvalue weighted by Crippen LogP contribution is 2.27. The number of piperidine rings is 1. The first-order valence-corrected chi connectivity index (χ1v) is 4.14. The van der Waals surface area contributed by atoms with E-state index in [4.69, 9.17) is 0 Å². The second-order valence-corrected chi connectivity index (χ2v) is 3.06. The van der Waals surface area contributed by atoms with E-state index in [1.165, 1.54) is 0 Å². The van der Waals surface area contributed by atoms with E-state index in [0.717, 1.165) is 0 Å². The standard InChI is InChI=1S/C9H13F2N/c1-2-3-6-12-7-4-9(10,11)5-8-12/h4-8H2,1H3.